The van der Waals surface area contributed by atoms with Crippen LogP contribution in [-0.4, -0.2) is 71.1 Å². The Labute approximate surface area is 178 Å². The number of piperazine rings is 1. The van der Waals surface area contributed by atoms with Crippen molar-refractivity contribution in [1.29, 1.82) is 0 Å². The van der Waals surface area contributed by atoms with Crippen LogP contribution in [0.25, 0.3) is 0 Å². The van der Waals surface area contributed by atoms with Crippen molar-refractivity contribution in [3.05, 3.63) is 70.2 Å². The monoisotopic (exact) mass is 425 g/mol. The number of nitrogens with zero attached hydrogens (tertiary/aromatic N) is 3. The van der Waals surface area contributed by atoms with Crippen molar-refractivity contribution in [2.24, 2.45) is 0 Å². The first-order valence-electron chi connectivity index (χ1n) is 9.69. The number of amides is 4. The molecule has 4 rings (SSSR count). The molecule has 0 aliphatic carbocycles. The van der Waals surface area contributed by atoms with Gasteiger partial charge in [0.2, 0.25) is 11.8 Å². The summed E-state index contributed by atoms with van der Waals surface area (Å²) < 4.78 is 0. The summed E-state index contributed by atoms with van der Waals surface area (Å²) in [5.41, 5.74) is 1.54. The summed E-state index contributed by atoms with van der Waals surface area (Å²) in [6.45, 7) is 1.29. The van der Waals surface area contributed by atoms with Crippen LogP contribution in [0.5, 0.6) is 0 Å². The van der Waals surface area contributed by atoms with Crippen molar-refractivity contribution in [3.8, 4) is 0 Å². The van der Waals surface area contributed by atoms with E-state index in [4.69, 9.17) is 11.6 Å². The van der Waals surface area contributed by atoms with Crippen molar-refractivity contribution >= 4 is 35.2 Å². The molecule has 0 N–H and O–H groups in total. The summed E-state index contributed by atoms with van der Waals surface area (Å²) in [5, 5.41) is 0.622. The minimum atomic E-state index is -0.444. The van der Waals surface area contributed by atoms with Crippen molar-refractivity contribution in [2.45, 2.75) is 6.42 Å². The van der Waals surface area contributed by atoms with Gasteiger partial charge in [-0.25, -0.2) is 0 Å². The molecule has 0 unspecified atom stereocenters. The molecule has 2 aromatic rings. The number of imide groups is 1. The Kier molecular flexibility index (Phi) is 5.55. The number of carbonyl (C=O) groups excluding carboxylic acids is 4. The van der Waals surface area contributed by atoms with Crippen LogP contribution in [0.2, 0.25) is 5.02 Å². The summed E-state index contributed by atoms with van der Waals surface area (Å²) in [4.78, 5) is 54.3. The normalized spacial score (nSPS) is 16.1. The summed E-state index contributed by atoms with van der Waals surface area (Å²) in [7, 11) is 0. The van der Waals surface area contributed by atoms with Crippen LogP contribution in [0, 0.1) is 0 Å². The van der Waals surface area contributed by atoms with Gasteiger partial charge >= 0.3 is 0 Å². The first kappa shape index (κ1) is 20.1. The molecule has 154 valence electrons. The van der Waals surface area contributed by atoms with Crippen LogP contribution in [-0.2, 0) is 16.0 Å². The fraction of sp³-hybridized carbons (Fsp3) is 0.273. The number of hydrogen-bond acceptors (Lipinski definition) is 4. The Balaban J connectivity index is 1.30. The van der Waals surface area contributed by atoms with Gasteiger partial charge in [-0.2, -0.15) is 0 Å². The van der Waals surface area contributed by atoms with E-state index in [-0.39, 0.29) is 24.8 Å². The molecule has 2 aromatic carbocycles. The summed E-state index contributed by atoms with van der Waals surface area (Å²) in [6.07, 6.45) is 0.278. The Morgan fingerprint density at radius 2 is 1.27 bits per heavy atom. The van der Waals surface area contributed by atoms with Gasteiger partial charge in [0.15, 0.2) is 0 Å². The SMILES string of the molecule is O=C(Cc1ccc(Cl)cc1)N1CCN(C(=O)CN2C(=O)c3ccccc3C2=O)CC1. The standard InChI is InChI=1S/C22H20ClN3O4/c23-16-7-5-15(6-8-16)13-19(27)24-9-11-25(12-10-24)20(28)14-26-21(29)17-3-1-2-4-18(17)22(26)30/h1-8H,9-14H2. The van der Waals surface area contributed by atoms with Gasteiger partial charge in [-0.3, -0.25) is 24.1 Å². The Morgan fingerprint density at radius 1 is 0.767 bits per heavy atom. The lowest BCUT2D eigenvalue weighted by molar-refractivity contribution is -0.139. The molecule has 0 bridgehead atoms. The number of rotatable bonds is 4. The van der Waals surface area contributed by atoms with E-state index < -0.39 is 11.8 Å². The lowest BCUT2D eigenvalue weighted by atomic mass is 10.1. The van der Waals surface area contributed by atoms with Crippen LogP contribution in [0.15, 0.2) is 48.5 Å². The Morgan fingerprint density at radius 3 is 1.80 bits per heavy atom. The molecule has 0 saturated carbocycles. The lowest BCUT2D eigenvalue weighted by Gasteiger charge is -2.35. The molecule has 7 nitrogen and oxygen atoms in total. The molecule has 0 radical (unpaired) electrons. The van der Waals surface area contributed by atoms with E-state index >= 15 is 0 Å². The maximum atomic E-state index is 12.7. The molecule has 2 aliphatic heterocycles. The van der Waals surface area contributed by atoms with Crippen LogP contribution in [0.3, 0.4) is 0 Å². The zero-order valence-corrected chi connectivity index (χ0v) is 17.0. The maximum absolute atomic E-state index is 12.7. The minimum absolute atomic E-state index is 0.00947. The average Bonchev–Trinajstić information content (AvgIpc) is 3.00. The summed E-state index contributed by atoms with van der Waals surface area (Å²) in [6, 6.07) is 13.7. The molecule has 2 heterocycles. The van der Waals surface area contributed by atoms with Gasteiger partial charge < -0.3 is 9.80 Å². The third kappa shape index (κ3) is 3.93. The van der Waals surface area contributed by atoms with Gasteiger partial charge in [0, 0.05) is 31.2 Å². The molecule has 8 heteroatoms. The number of benzene rings is 2. The highest BCUT2D eigenvalue weighted by atomic mass is 35.5. The molecule has 30 heavy (non-hydrogen) atoms. The Hall–Kier alpha value is -3.19. The second-order valence-corrected chi connectivity index (χ2v) is 7.74. The van der Waals surface area contributed by atoms with Crippen LogP contribution in [0.4, 0.5) is 0 Å². The molecule has 2 aliphatic rings. The molecule has 0 aromatic heterocycles. The quantitative estimate of drug-likeness (QED) is 0.700. The van der Waals surface area contributed by atoms with E-state index in [1.165, 1.54) is 0 Å². The number of hydrogen-bond donors (Lipinski definition) is 0. The Bertz CT molecular complexity index is 978. The van der Waals surface area contributed by atoms with E-state index in [1.807, 2.05) is 12.1 Å². The molecule has 4 amide bonds. The van der Waals surface area contributed by atoms with Gasteiger partial charge in [0.05, 0.1) is 17.5 Å². The van der Waals surface area contributed by atoms with Gasteiger partial charge in [-0.05, 0) is 29.8 Å². The van der Waals surface area contributed by atoms with Gasteiger partial charge in [0.1, 0.15) is 6.54 Å². The number of halogens is 1. The zero-order chi connectivity index (χ0) is 21.3. The lowest BCUT2D eigenvalue weighted by Crippen LogP contribution is -2.53. The third-order valence-corrected chi connectivity index (χ3v) is 5.68. The zero-order valence-electron chi connectivity index (χ0n) is 16.2. The van der Waals surface area contributed by atoms with Gasteiger partial charge in [-0.15, -0.1) is 0 Å². The average molecular weight is 426 g/mol. The van der Waals surface area contributed by atoms with E-state index in [0.717, 1.165) is 10.5 Å². The first-order chi connectivity index (χ1) is 14.4. The second-order valence-electron chi connectivity index (χ2n) is 7.31. The maximum Gasteiger partial charge on any atom is 0.262 e. The van der Waals surface area contributed by atoms with E-state index in [0.29, 0.717) is 42.3 Å². The van der Waals surface area contributed by atoms with Crippen molar-refractivity contribution < 1.29 is 19.2 Å². The first-order valence-corrected chi connectivity index (χ1v) is 10.1. The molecule has 1 saturated heterocycles. The highest BCUT2D eigenvalue weighted by molar-refractivity contribution is 6.30. The highest BCUT2D eigenvalue weighted by Crippen LogP contribution is 2.22. The van der Waals surface area contributed by atoms with Gasteiger partial charge in [-0.1, -0.05) is 35.9 Å². The molecular formula is C22H20ClN3O4. The largest absolute Gasteiger partial charge is 0.339 e. The van der Waals surface area contributed by atoms with E-state index in [2.05, 4.69) is 0 Å². The van der Waals surface area contributed by atoms with Crippen LogP contribution >= 0.6 is 11.6 Å². The summed E-state index contributed by atoms with van der Waals surface area (Å²) >= 11 is 5.87. The van der Waals surface area contributed by atoms with Crippen molar-refractivity contribution in [3.63, 3.8) is 0 Å². The van der Waals surface area contributed by atoms with Crippen LogP contribution < -0.4 is 0 Å². The number of fused-ring (bicyclic) bond motifs is 1. The predicted molar refractivity (Wildman–Crippen MR) is 110 cm³/mol. The fourth-order valence-corrected chi connectivity index (χ4v) is 3.84. The van der Waals surface area contributed by atoms with Gasteiger partial charge in [0.25, 0.3) is 11.8 Å². The predicted octanol–water partition coefficient (Wildman–Crippen LogP) is 1.85. The highest BCUT2D eigenvalue weighted by Gasteiger charge is 2.37. The topological polar surface area (TPSA) is 78.0 Å². The molecule has 0 atom stereocenters. The van der Waals surface area contributed by atoms with Crippen LogP contribution in [0.1, 0.15) is 26.3 Å². The molecular weight excluding hydrogens is 406 g/mol. The van der Waals surface area contributed by atoms with Crippen molar-refractivity contribution in [2.75, 3.05) is 32.7 Å². The van der Waals surface area contributed by atoms with Crippen molar-refractivity contribution in [1.82, 2.24) is 14.7 Å². The second kappa shape index (κ2) is 8.28. The van der Waals surface area contributed by atoms with E-state index in [9.17, 15) is 19.2 Å². The smallest absolute Gasteiger partial charge is 0.262 e. The number of carbonyl (C=O) groups is 4. The minimum Gasteiger partial charge on any atom is -0.339 e. The third-order valence-electron chi connectivity index (χ3n) is 5.43. The van der Waals surface area contributed by atoms with E-state index in [1.54, 1.807) is 46.2 Å². The fourth-order valence-electron chi connectivity index (χ4n) is 3.71. The molecule has 0 spiro atoms. The summed E-state index contributed by atoms with van der Waals surface area (Å²) in [5.74, 6) is -1.19. The molecule has 1 fully saturated rings.